The molecule has 0 N–H and O–H groups in total. The Morgan fingerprint density at radius 3 is 1.86 bits per heavy atom. The summed E-state index contributed by atoms with van der Waals surface area (Å²) < 4.78 is 42.0. The average Bonchev–Trinajstić information content (AvgIpc) is 3.29. The largest absolute Gasteiger partial charge is 0.337 e. The Morgan fingerprint density at radius 1 is 0.730 bits per heavy atom. The van der Waals surface area contributed by atoms with E-state index >= 15 is 0 Å². The van der Waals surface area contributed by atoms with Crippen LogP contribution in [0.2, 0.25) is 0 Å². The first kappa shape index (κ1) is 24.5. The van der Waals surface area contributed by atoms with E-state index in [1.165, 1.54) is 18.3 Å². The van der Waals surface area contributed by atoms with Gasteiger partial charge in [-0.1, -0.05) is 78.9 Å². The first-order valence-electron chi connectivity index (χ1n) is 11.9. The van der Waals surface area contributed by atoms with Crippen LogP contribution in [0.15, 0.2) is 125 Å². The second-order valence-electron chi connectivity index (χ2n) is 8.82. The second kappa shape index (κ2) is 10.4. The monoisotopic (exact) mass is 512 g/mol. The minimum absolute atomic E-state index is 0.00193. The molecule has 0 fully saturated rings. The van der Waals surface area contributed by atoms with Crippen molar-refractivity contribution >= 4 is 26.6 Å². The van der Waals surface area contributed by atoms with Gasteiger partial charge in [0, 0.05) is 30.2 Å². The first-order valence-corrected chi connectivity index (χ1v) is 13.3. The predicted octanol–water partition coefficient (Wildman–Crippen LogP) is 5.84. The molecule has 0 radical (unpaired) electrons. The predicted molar refractivity (Wildman–Crippen MR) is 141 cm³/mol. The number of hydrogen-bond acceptors (Lipinski definition) is 3. The second-order valence-corrected chi connectivity index (χ2v) is 10.7. The molecule has 37 heavy (non-hydrogen) atoms. The van der Waals surface area contributed by atoms with Gasteiger partial charge < -0.3 is 9.47 Å². The number of nitrogens with zero attached hydrogens (tertiary/aromatic N) is 2. The molecule has 1 heterocycles. The third-order valence-electron chi connectivity index (χ3n) is 6.26. The van der Waals surface area contributed by atoms with Gasteiger partial charge in [0.2, 0.25) is 15.7 Å². The van der Waals surface area contributed by atoms with Crippen LogP contribution in [0.3, 0.4) is 0 Å². The van der Waals surface area contributed by atoms with E-state index in [2.05, 4.69) is 0 Å². The van der Waals surface area contributed by atoms with Crippen molar-refractivity contribution in [3.8, 4) is 0 Å². The number of carbonyl (C=O) groups is 1. The van der Waals surface area contributed by atoms with Crippen molar-refractivity contribution in [3.63, 3.8) is 0 Å². The molecule has 0 aliphatic rings. The molecule has 1 amide bonds. The topological polar surface area (TPSA) is 59.4 Å². The van der Waals surface area contributed by atoms with Gasteiger partial charge in [0.05, 0.1) is 9.79 Å². The normalized spacial score (nSPS) is 11.5. The molecule has 0 saturated heterocycles. The third-order valence-corrected chi connectivity index (χ3v) is 8.05. The van der Waals surface area contributed by atoms with Gasteiger partial charge in [-0.2, -0.15) is 0 Å². The molecule has 5 aromatic rings. The van der Waals surface area contributed by atoms with Crippen LogP contribution in [-0.4, -0.2) is 23.8 Å². The van der Waals surface area contributed by atoms with Gasteiger partial charge in [-0.25, -0.2) is 12.8 Å². The zero-order valence-corrected chi connectivity index (χ0v) is 20.8. The van der Waals surface area contributed by atoms with Gasteiger partial charge in [-0.3, -0.25) is 4.79 Å². The fourth-order valence-corrected chi connectivity index (χ4v) is 5.86. The molecule has 186 valence electrons. The van der Waals surface area contributed by atoms with Crippen LogP contribution in [0.4, 0.5) is 4.39 Å². The highest BCUT2D eigenvalue weighted by Crippen LogP contribution is 2.30. The number of sulfone groups is 1. The first-order chi connectivity index (χ1) is 17.9. The van der Waals surface area contributed by atoms with Gasteiger partial charge >= 0.3 is 0 Å². The van der Waals surface area contributed by atoms with Gasteiger partial charge in [0.25, 0.3) is 0 Å². The van der Waals surface area contributed by atoms with Crippen molar-refractivity contribution in [2.75, 3.05) is 0 Å². The minimum atomic E-state index is -3.93. The summed E-state index contributed by atoms with van der Waals surface area (Å²) in [5, 5.41) is 0.511. The van der Waals surface area contributed by atoms with Crippen LogP contribution >= 0.6 is 0 Å². The summed E-state index contributed by atoms with van der Waals surface area (Å²) in [5.41, 5.74) is 2.64. The van der Waals surface area contributed by atoms with Gasteiger partial charge in [-0.15, -0.1) is 0 Å². The maximum Gasteiger partial charge on any atom is 0.243 e. The molecule has 0 aliphatic heterocycles. The highest BCUT2D eigenvalue weighted by molar-refractivity contribution is 7.91. The molecule has 0 saturated carbocycles. The van der Waals surface area contributed by atoms with E-state index < -0.39 is 15.7 Å². The van der Waals surface area contributed by atoms with Crippen molar-refractivity contribution in [2.45, 2.75) is 29.4 Å². The Kier molecular flexibility index (Phi) is 6.88. The van der Waals surface area contributed by atoms with Crippen molar-refractivity contribution < 1.29 is 17.6 Å². The van der Waals surface area contributed by atoms with Crippen LogP contribution in [0.25, 0.3) is 10.9 Å². The lowest BCUT2D eigenvalue weighted by molar-refractivity contribution is -0.133. The Hall–Kier alpha value is -4.23. The number of aromatic nitrogens is 1. The van der Waals surface area contributed by atoms with E-state index in [1.54, 1.807) is 27.7 Å². The average molecular weight is 513 g/mol. The number of amides is 1. The van der Waals surface area contributed by atoms with Crippen LogP contribution in [0.1, 0.15) is 11.1 Å². The summed E-state index contributed by atoms with van der Waals surface area (Å²) in [6, 6.07) is 31.4. The molecule has 0 bridgehead atoms. The van der Waals surface area contributed by atoms with Gasteiger partial charge in [0.1, 0.15) is 12.4 Å². The van der Waals surface area contributed by atoms with E-state index in [-0.39, 0.29) is 22.2 Å². The summed E-state index contributed by atoms with van der Waals surface area (Å²) in [6.45, 7) is 0.822. The Labute approximate surface area is 215 Å². The van der Waals surface area contributed by atoms with Crippen LogP contribution in [-0.2, 0) is 34.3 Å². The van der Waals surface area contributed by atoms with Crippen LogP contribution in [0, 0.1) is 5.82 Å². The molecule has 0 atom stereocenters. The maximum atomic E-state index is 13.6. The SMILES string of the molecule is O=C(Cn1cc(S(=O)(=O)c2ccc(F)cc2)c2ccccc21)N(Cc1ccccc1)Cc1ccccc1. The third kappa shape index (κ3) is 5.32. The van der Waals surface area contributed by atoms with Crippen LogP contribution in [0.5, 0.6) is 0 Å². The smallest absolute Gasteiger partial charge is 0.243 e. The van der Waals surface area contributed by atoms with E-state index in [0.29, 0.717) is 24.0 Å². The number of halogens is 1. The van der Waals surface area contributed by atoms with Gasteiger partial charge in [0.15, 0.2) is 0 Å². The number of hydrogen-bond donors (Lipinski definition) is 0. The standard InChI is InChI=1S/C30H25FN2O3S/c31-25-15-17-26(18-16-25)37(35,36)29-21-32(28-14-8-7-13-27(28)29)22-30(34)33(19-23-9-3-1-4-10-23)20-24-11-5-2-6-12-24/h1-18,21H,19-20,22H2. The molecule has 0 aliphatic carbocycles. The van der Waals surface area contributed by atoms with E-state index in [0.717, 1.165) is 23.3 Å². The molecular formula is C30H25FN2O3S. The fraction of sp³-hybridized carbons (Fsp3) is 0.100. The quantitative estimate of drug-likeness (QED) is 0.245. The zero-order chi connectivity index (χ0) is 25.8. The molecule has 4 aromatic carbocycles. The van der Waals surface area contributed by atoms with Crippen molar-refractivity contribution in [1.29, 1.82) is 0 Å². The fourth-order valence-electron chi connectivity index (χ4n) is 4.38. The lowest BCUT2D eigenvalue weighted by Crippen LogP contribution is -2.32. The summed E-state index contributed by atoms with van der Waals surface area (Å²) in [7, 11) is -3.93. The van der Waals surface area contributed by atoms with Gasteiger partial charge in [-0.05, 0) is 41.5 Å². The molecule has 7 heteroatoms. The Balaban J connectivity index is 1.49. The van der Waals surface area contributed by atoms with Crippen molar-refractivity contribution in [3.05, 3.63) is 132 Å². The van der Waals surface area contributed by atoms with E-state index in [1.807, 2.05) is 66.7 Å². The van der Waals surface area contributed by atoms with Crippen molar-refractivity contribution in [2.24, 2.45) is 0 Å². The lowest BCUT2D eigenvalue weighted by atomic mass is 10.1. The number of para-hydroxylation sites is 1. The highest BCUT2D eigenvalue weighted by atomic mass is 32.2. The van der Waals surface area contributed by atoms with Crippen molar-refractivity contribution in [1.82, 2.24) is 9.47 Å². The molecular weight excluding hydrogens is 487 g/mol. The molecule has 0 unspecified atom stereocenters. The summed E-state index contributed by atoms with van der Waals surface area (Å²) >= 11 is 0. The number of benzene rings is 4. The van der Waals surface area contributed by atoms with E-state index in [9.17, 15) is 17.6 Å². The number of fused-ring (bicyclic) bond motifs is 1. The minimum Gasteiger partial charge on any atom is -0.337 e. The summed E-state index contributed by atoms with van der Waals surface area (Å²) in [6.07, 6.45) is 1.50. The maximum absolute atomic E-state index is 13.6. The number of carbonyl (C=O) groups excluding carboxylic acids is 1. The summed E-state index contributed by atoms with van der Waals surface area (Å²) in [5.74, 6) is -0.650. The molecule has 0 spiro atoms. The molecule has 5 nitrogen and oxygen atoms in total. The Morgan fingerprint density at radius 2 is 1.27 bits per heavy atom. The van der Waals surface area contributed by atoms with Crippen LogP contribution < -0.4 is 0 Å². The highest BCUT2D eigenvalue weighted by Gasteiger charge is 2.25. The Bertz CT molecular complexity index is 1590. The zero-order valence-electron chi connectivity index (χ0n) is 20.0. The number of rotatable bonds is 8. The van der Waals surface area contributed by atoms with E-state index in [4.69, 9.17) is 0 Å². The molecule has 1 aromatic heterocycles. The summed E-state index contributed by atoms with van der Waals surface area (Å²) in [4.78, 5) is 15.5. The lowest BCUT2D eigenvalue weighted by Gasteiger charge is -2.23. The molecule has 5 rings (SSSR count).